The molecule has 1 aromatic heterocycles. The van der Waals surface area contributed by atoms with Gasteiger partial charge in [-0.15, -0.1) is 0 Å². The van der Waals surface area contributed by atoms with Gasteiger partial charge in [0, 0.05) is 44.5 Å². The van der Waals surface area contributed by atoms with Crippen LogP contribution < -0.4 is 26.0 Å². The summed E-state index contributed by atoms with van der Waals surface area (Å²) in [6.45, 7) is 19.3. The minimum atomic E-state index is -1.26. The van der Waals surface area contributed by atoms with E-state index < -0.39 is 78.6 Å². The van der Waals surface area contributed by atoms with E-state index >= 15 is 0 Å². The number of fused-ring (bicyclic) bond motifs is 13. The Bertz CT molecular complexity index is 5220. The quantitative estimate of drug-likeness (QED) is 0.160. The summed E-state index contributed by atoms with van der Waals surface area (Å²) >= 11 is 0. The molecule has 0 radical (unpaired) electrons. The molecular weight excluding hydrogens is 1000 g/mol. The van der Waals surface area contributed by atoms with E-state index in [4.69, 9.17) is 14.3 Å². The van der Waals surface area contributed by atoms with Crippen LogP contribution in [0.5, 0.6) is 11.5 Å². The molecule has 0 atom stereocenters. The van der Waals surface area contributed by atoms with Gasteiger partial charge >= 0.3 is 0 Å². The number of hydrogen-bond acceptors (Lipinski definition) is 2. The maximum atomic E-state index is 9.67. The Kier molecular flexibility index (Phi) is 8.57. The highest BCUT2D eigenvalue weighted by atomic mass is 16.5. The Labute approximate surface area is 507 Å². The maximum absolute atomic E-state index is 9.67. The molecule has 3 aliphatic rings. The van der Waals surface area contributed by atoms with E-state index in [2.05, 4.69) is 140 Å². The van der Waals surface area contributed by atoms with Crippen LogP contribution in [0, 0.1) is 0 Å². The molecule has 0 aliphatic carbocycles. The second kappa shape index (κ2) is 18.4. The highest BCUT2D eigenvalue weighted by Gasteiger charge is 2.55. The molecule has 0 fully saturated rings. The first-order valence-electron chi connectivity index (χ1n) is 35.0. The van der Waals surface area contributed by atoms with Crippen LogP contribution in [-0.2, 0) is 21.7 Å². The van der Waals surface area contributed by atoms with Crippen LogP contribution >= 0.6 is 0 Å². The number of para-hydroxylation sites is 4. The van der Waals surface area contributed by atoms with Crippen LogP contribution in [0.3, 0.4) is 0 Å². The number of aromatic nitrogens is 1. The van der Waals surface area contributed by atoms with E-state index in [1.807, 2.05) is 91.0 Å². The van der Waals surface area contributed by atoms with Crippen molar-refractivity contribution in [3.05, 3.63) is 281 Å². The maximum Gasteiger partial charge on any atom is 0.247 e. The second-order valence-corrected chi connectivity index (χ2v) is 25.5. The van der Waals surface area contributed by atoms with Gasteiger partial charge in [0.15, 0.2) is 0 Å². The monoisotopic (exact) mass is 1080 g/mol. The first-order valence-corrected chi connectivity index (χ1v) is 28.5. The molecule has 0 bridgehead atoms. The molecule has 83 heavy (non-hydrogen) atoms. The van der Waals surface area contributed by atoms with E-state index in [9.17, 15) is 8.22 Å². The molecule has 11 aromatic carbocycles. The molecule has 3 nitrogen and oxygen atoms in total. The summed E-state index contributed by atoms with van der Waals surface area (Å²) in [5, 5.41) is -0.0706. The predicted octanol–water partition coefficient (Wildman–Crippen LogP) is 18.8. The van der Waals surface area contributed by atoms with Gasteiger partial charge in [-0.25, -0.2) is 0 Å². The van der Waals surface area contributed by atoms with E-state index in [0.717, 1.165) is 89.0 Å². The van der Waals surface area contributed by atoms with Crippen molar-refractivity contribution < 1.29 is 22.6 Å². The normalized spacial score (nSPS) is 16.2. The number of nitrogens with zero attached hydrogens (tertiary/aromatic N) is 2. The van der Waals surface area contributed by atoms with Crippen molar-refractivity contribution in [1.29, 1.82) is 0 Å². The molecule has 15 rings (SSSR count). The van der Waals surface area contributed by atoms with Gasteiger partial charge in [-0.05, 0) is 143 Å². The molecule has 12 aromatic rings. The molecule has 402 valence electrons. The predicted molar refractivity (Wildman–Crippen MR) is 351 cm³/mol. The van der Waals surface area contributed by atoms with Crippen LogP contribution in [0.4, 0.5) is 17.1 Å². The van der Waals surface area contributed by atoms with Gasteiger partial charge < -0.3 is 14.2 Å². The number of anilines is 3. The average Bonchev–Trinajstić information content (AvgIpc) is 0.747. The lowest BCUT2D eigenvalue weighted by Crippen LogP contribution is -2.65. The van der Waals surface area contributed by atoms with E-state index in [1.54, 1.807) is 4.57 Å². The molecule has 4 heteroatoms. The summed E-state index contributed by atoms with van der Waals surface area (Å²) in [6.07, 6.45) is 0. The first kappa shape index (κ1) is 38.6. The Morgan fingerprint density at radius 1 is 0.398 bits per heavy atom. The van der Waals surface area contributed by atoms with Crippen molar-refractivity contribution in [3.8, 4) is 50.6 Å². The van der Waals surface area contributed by atoms with E-state index in [-0.39, 0.29) is 55.7 Å². The van der Waals surface area contributed by atoms with Gasteiger partial charge in [0.05, 0.1) is 40.0 Å². The van der Waals surface area contributed by atoms with E-state index in [1.165, 1.54) is 0 Å². The molecule has 0 unspecified atom stereocenters. The zero-order valence-corrected chi connectivity index (χ0v) is 48.0. The van der Waals surface area contributed by atoms with Crippen molar-refractivity contribution in [3.63, 3.8) is 0 Å². The third-order valence-electron chi connectivity index (χ3n) is 17.5. The zero-order valence-electron chi connectivity index (χ0n) is 61.0. The van der Waals surface area contributed by atoms with Crippen molar-refractivity contribution in [2.45, 2.75) is 84.0 Å². The summed E-state index contributed by atoms with van der Waals surface area (Å²) in [4.78, 5) is 2.32. The number of rotatable bonds is 5. The average molecular weight is 1080 g/mol. The summed E-state index contributed by atoms with van der Waals surface area (Å²) in [7, 11) is 0. The molecule has 1 spiro atoms. The topological polar surface area (TPSA) is 17.4 Å². The molecule has 0 amide bonds. The SMILES string of the molecule is [2H]c1c([2H])c([2H])c(-c2ccc3c(c2)C2(c4ccccc4Oc4ccccc42)c2cc(-c4cc(C(C)(C)C)cc(C(C)(C)C)c4)cc4c2B3c2ccc(-n3c5c([2H])c([2H])c([2H])c([2H])c5c5c([2H])c([2H])c([2H])c([2H])c53)cc2N4c2ccc(C(C)(C)C)cc2-c2ccccc2)c([2H])c1[2H]. The third-order valence-corrected chi connectivity index (χ3v) is 17.5. The Morgan fingerprint density at radius 3 is 1.60 bits per heavy atom. The zero-order chi connectivity index (χ0) is 68.0. The summed E-state index contributed by atoms with van der Waals surface area (Å²) in [5.74, 6) is 1.23. The molecule has 0 saturated carbocycles. The lowest BCUT2D eigenvalue weighted by Gasteiger charge is -2.50. The largest absolute Gasteiger partial charge is 0.457 e. The number of hydrogen-bond donors (Lipinski definition) is 0. The van der Waals surface area contributed by atoms with Crippen molar-refractivity contribution in [2.75, 3.05) is 4.90 Å². The minimum absolute atomic E-state index is 0.00912. The molecule has 0 N–H and O–H groups in total. The second-order valence-electron chi connectivity index (χ2n) is 25.5. The van der Waals surface area contributed by atoms with Gasteiger partial charge in [0.25, 0.3) is 0 Å². The van der Waals surface area contributed by atoms with Gasteiger partial charge in [-0.2, -0.15) is 0 Å². The number of benzene rings is 11. The summed E-state index contributed by atoms with van der Waals surface area (Å²) < 4.78 is 129. The Hall–Kier alpha value is -9.12. The van der Waals surface area contributed by atoms with Crippen LogP contribution in [-0.4, -0.2) is 11.3 Å². The lowest BCUT2D eigenvalue weighted by atomic mass is 9.29. The first-order chi connectivity index (χ1) is 45.4. The highest BCUT2D eigenvalue weighted by molar-refractivity contribution is 6.99. The smallest absolute Gasteiger partial charge is 0.247 e. The fourth-order valence-corrected chi connectivity index (χ4v) is 13.4. The van der Waals surface area contributed by atoms with E-state index in [0.29, 0.717) is 28.4 Å². The molecular formula is C79H67BN2O. The third kappa shape index (κ3) is 7.86. The van der Waals surface area contributed by atoms with Crippen LogP contribution in [0.15, 0.2) is 242 Å². The molecule has 4 heterocycles. The fraction of sp³-hybridized carbons (Fsp3) is 0.165. The lowest BCUT2D eigenvalue weighted by molar-refractivity contribution is 0.435. The van der Waals surface area contributed by atoms with Crippen molar-refractivity contribution in [1.82, 2.24) is 4.57 Å². The standard InChI is InChI=1S/C79H67BN2O/c1-76(2,3)55-37-41-70(61(48-55)51-26-14-11-15-27-51)82-71-49-58(81-68-32-20-16-28-59(68)60-29-17-21-33-69(60)81)38-40-67(71)80-66-39-36-52(50-24-12-10-13-25-50)44-64(66)79(62-30-18-22-34-73(62)83-74-35-23-19-31-63(74)79)65-45-54(46-72(82)75(65)80)53-42-56(77(4,5)6)47-57(43-53)78(7,8)9/h10-49H,1-9H3/i10D,12D,13D,16D,17D,20D,21D,24D,25D,28D,29D,32D,33D. The molecule has 0 saturated heterocycles. The van der Waals surface area contributed by atoms with Crippen molar-refractivity contribution in [2.24, 2.45) is 0 Å². The fourth-order valence-electron chi connectivity index (χ4n) is 13.4. The minimum Gasteiger partial charge on any atom is -0.457 e. The van der Waals surface area contributed by atoms with Crippen LogP contribution in [0.1, 0.15) is 119 Å². The van der Waals surface area contributed by atoms with Crippen LogP contribution in [0.2, 0.25) is 0 Å². The van der Waals surface area contributed by atoms with Gasteiger partial charge in [0.2, 0.25) is 6.71 Å². The Balaban J connectivity index is 1.18. The molecule has 3 aliphatic heterocycles. The number of ether oxygens (including phenoxy) is 1. The summed E-state index contributed by atoms with van der Waals surface area (Å²) in [5.41, 5.74) is 14.0. The van der Waals surface area contributed by atoms with Gasteiger partial charge in [-0.1, -0.05) is 250 Å². The van der Waals surface area contributed by atoms with Gasteiger partial charge in [0.1, 0.15) is 11.5 Å². The Morgan fingerprint density at radius 2 is 0.964 bits per heavy atom. The summed E-state index contributed by atoms with van der Waals surface area (Å²) in [6, 6.07) is 50.5. The van der Waals surface area contributed by atoms with Crippen molar-refractivity contribution >= 4 is 62.0 Å². The van der Waals surface area contributed by atoms with Gasteiger partial charge in [-0.3, -0.25) is 0 Å². The highest BCUT2D eigenvalue weighted by Crippen LogP contribution is 2.58. The van der Waals surface area contributed by atoms with Crippen LogP contribution in [0.25, 0.3) is 60.9 Å².